The molecular weight excluding hydrogens is 1480 g/mol. The van der Waals surface area contributed by atoms with Crippen molar-refractivity contribution in [3.63, 3.8) is 0 Å². The Hall–Kier alpha value is -1.08. The highest BCUT2D eigenvalue weighted by molar-refractivity contribution is 5.14. The molecule has 0 atom stereocenters. The second-order valence-corrected chi connectivity index (χ2v) is 55.7. The van der Waals surface area contributed by atoms with Crippen LogP contribution >= 0.6 is 0 Å². The lowest BCUT2D eigenvalue weighted by Crippen LogP contribution is -2.59. The van der Waals surface area contributed by atoms with E-state index in [1.54, 1.807) is 5.57 Å². The summed E-state index contributed by atoms with van der Waals surface area (Å²) in [7, 11) is 0. The molecule has 6 heterocycles. The van der Waals surface area contributed by atoms with Crippen molar-refractivity contribution in [3.05, 3.63) is 23.9 Å². The quantitative estimate of drug-likeness (QED) is 0.0448. The van der Waals surface area contributed by atoms with Gasteiger partial charge in [0, 0.05) is 128 Å². The van der Waals surface area contributed by atoms with Crippen LogP contribution in [0.5, 0.6) is 0 Å². The second kappa shape index (κ2) is 54.0. The van der Waals surface area contributed by atoms with Crippen LogP contribution in [0.15, 0.2) is 23.9 Å². The van der Waals surface area contributed by atoms with Crippen LogP contribution in [0.25, 0.3) is 0 Å². The summed E-state index contributed by atoms with van der Waals surface area (Å²) in [5.74, 6) is 2.73. The van der Waals surface area contributed by atoms with E-state index in [0.29, 0.717) is 65.1 Å². The van der Waals surface area contributed by atoms with E-state index in [2.05, 4.69) is 348 Å². The van der Waals surface area contributed by atoms with Crippen molar-refractivity contribution < 1.29 is 5.11 Å². The number of hydrogen-bond donors (Lipinski definition) is 3. The molecule has 0 aromatic heterocycles. The molecule has 6 rings (SSSR count). The first-order chi connectivity index (χ1) is 54.6. The smallest absolute Gasteiger partial charge is 0.0720 e. The number of rotatable bonds is 32. The molecular formula is C111H229N9O. The highest BCUT2D eigenvalue weighted by Crippen LogP contribution is 2.41. The third-order valence-electron chi connectivity index (χ3n) is 27.1. The minimum atomic E-state index is -0.462. The average molecular weight is 1710 g/mol. The van der Waals surface area contributed by atoms with E-state index in [0.717, 1.165) is 69.0 Å². The molecule has 10 nitrogen and oxygen atoms in total. The van der Waals surface area contributed by atoms with Crippen LogP contribution in [-0.2, 0) is 0 Å². The summed E-state index contributed by atoms with van der Waals surface area (Å²) in [6, 6.07) is 0. The lowest BCUT2D eigenvalue weighted by atomic mass is 9.71. The first kappa shape index (κ1) is 120. The van der Waals surface area contributed by atoms with E-state index in [-0.39, 0.29) is 10.8 Å². The predicted octanol–water partition coefficient (Wildman–Crippen LogP) is 29.1. The Balaban J connectivity index is 0.00000140. The summed E-state index contributed by atoms with van der Waals surface area (Å²) in [6.45, 7) is 129. The van der Waals surface area contributed by atoms with Crippen LogP contribution in [0.2, 0.25) is 0 Å². The van der Waals surface area contributed by atoms with Gasteiger partial charge in [0.25, 0.3) is 0 Å². The van der Waals surface area contributed by atoms with Crippen molar-refractivity contribution in [3.8, 4) is 0 Å². The van der Waals surface area contributed by atoms with Gasteiger partial charge in [-0.3, -0.25) is 9.80 Å². The zero-order valence-electron chi connectivity index (χ0n) is 91.3. The molecule has 0 saturated carbocycles. The monoisotopic (exact) mass is 1700 g/mol. The Morgan fingerprint density at radius 2 is 0.661 bits per heavy atom. The van der Waals surface area contributed by atoms with E-state index in [9.17, 15) is 5.11 Å². The molecule has 6 aliphatic rings. The molecule has 0 aliphatic carbocycles. The number of allylic oxidation sites excluding steroid dienone is 1. The molecule has 0 aromatic rings. The van der Waals surface area contributed by atoms with Gasteiger partial charge in [-0.2, -0.15) is 0 Å². The number of nitrogens with zero attached hydrogens (tertiary/aromatic N) is 7. The second-order valence-electron chi connectivity index (χ2n) is 55.7. The van der Waals surface area contributed by atoms with Gasteiger partial charge in [-0.05, 0) is 220 Å². The van der Waals surface area contributed by atoms with Gasteiger partial charge >= 0.3 is 0 Å². The number of unbranched alkanes of at least 4 members (excludes halogenated alkanes) is 12. The van der Waals surface area contributed by atoms with Crippen LogP contribution in [-0.4, -0.2) is 201 Å². The molecule has 3 N–H and O–H groups in total. The third-order valence-corrected chi connectivity index (χ3v) is 27.1. The number of hydrogen-bond acceptors (Lipinski definition) is 10. The van der Waals surface area contributed by atoms with E-state index < -0.39 is 5.60 Å². The first-order valence-corrected chi connectivity index (χ1v) is 51.2. The summed E-state index contributed by atoms with van der Waals surface area (Å²) in [5.41, 5.74) is 8.19. The summed E-state index contributed by atoms with van der Waals surface area (Å²) >= 11 is 0. The number of piperazine rings is 1. The molecule has 6 aliphatic heterocycles. The lowest BCUT2D eigenvalue weighted by Gasteiger charge is -2.52. The van der Waals surface area contributed by atoms with Crippen molar-refractivity contribution in [2.45, 2.75) is 456 Å². The van der Waals surface area contributed by atoms with Gasteiger partial charge in [0.1, 0.15) is 0 Å². The Labute approximate surface area is 764 Å². The molecule has 0 bridgehead atoms. The van der Waals surface area contributed by atoms with Crippen LogP contribution < -0.4 is 10.6 Å². The van der Waals surface area contributed by atoms with E-state index in [1.165, 1.54) is 259 Å². The van der Waals surface area contributed by atoms with Crippen LogP contribution in [0.1, 0.15) is 445 Å². The Morgan fingerprint density at radius 1 is 0.339 bits per heavy atom. The molecule has 0 unspecified atom stereocenters. The maximum Gasteiger partial charge on any atom is 0.0720 e. The van der Waals surface area contributed by atoms with Crippen molar-refractivity contribution in [2.75, 3.05) is 151 Å². The fourth-order valence-corrected chi connectivity index (χ4v) is 16.2. The number of likely N-dealkylation sites (tertiary alicyclic amines) is 4. The molecule has 0 aromatic carbocycles. The number of nitrogens with one attached hydrogen (secondary N) is 2. The van der Waals surface area contributed by atoms with Gasteiger partial charge in [0.2, 0.25) is 0 Å². The molecule has 0 radical (unpaired) electrons. The summed E-state index contributed by atoms with van der Waals surface area (Å²) in [6.07, 6.45) is 34.4. The highest BCUT2D eigenvalue weighted by Gasteiger charge is 2.43. The maximum atomic E-state index is 10.7. The molecule has 0 amide bonds. The summed E-state index contributed by atoms with van der Waals surface area (Å²) in [4.78, 5) is 18.2. The van der Waals surface area contributed by atoms with Crippen LogP contribution in [0, 0.1) is 88.1 Å². The number of aliphatic hydroxyl groups is 1. The molecule has 0 spiro atoms. The standard InChI is InChI=1S/C20H41NO.C20H39N.C19H40N2.C16H34N2.C13H27N.C12H25N.C11H23N/c1-18(2,3)12-10-8-7-9-11-15-21-16-13-20(22,14-17-21)19(4,5)6;1-19(2,3)14-10-8-7-9-11-15-21-16-12-18(13-17-21)20(4,5)6;1-17(19(5,6)7)21-16-15-20-14-12-10-8-9-11-13-18(2,3)4;1-15(2,3)7-9-17-11-13-18(14-12-17)10-8-16(4,5)6;1-12(2,3)7-8-14-9-11(10-14)13(4,5)6;1-11(2,3)9-13-7-10(8-13)12(4,5)6;1-10(2,3)9-7-12(8-9)11(4,5)6/h22H,7-17H2,1-6H3;12H,7-11,13-17H2,1-6H3;20-21H,1,8-16H2,2-7H3;7-14H2,1-6H3;11H,7-10H2,1-6H3;10H,7-9H2,1-6H3;9H,7-8H2,1-6H3. The average Bonchev–Trinajstić information content (AvgIpc) is 0.779. The van der Waals surface area contributed by atoms with Gasteiger partial charge in [0.05, 0.1) is 5.60 Å². The SMILES string of the molecule is C=C(NCCNCCCCCCCC(C)(C)C)C(C)(C)C.CC(C)(C)C1CN(C(C)(C)C)C1.CC(C)(C)CCCCCCCN1CC=C(C(C)(C)C)CC1.CC(C)(C)CCCCCCCN1CCC(O)(C(C)(C)C)CC1.CC(C)(C)CCN1CC(C(C)(C)C)C1.CC(C)(C)CCN1CCN(CCC(C)(C)C)CC1.CC(C)(C)CN1CC(C(C)(C)C)C1. The van der Waals surface area contributed by atoms with Gasteiger partial charge < -0.3 is 40.2 Å². The first-order valence-electron chi connectivity index (χ1n) is 51.2. The van der Waals surface area contributed by atoms with Crippen molar-refractivity contribution in [1.82, 2.24) is 44.9 Å². The molecule has 5 fully saturated rings. The topological polar surface area (TPSA) is 67.0 Å². The van der Waals surface area contributed by atoms with Gasteiger partial charge in [0.15, 0.2) is 0 Å². The fourth-order valence-electron chi connectivity index (χ4n) is 16.2. The predicted molar refractivity (Wildman–Crippen MR) is 547 cm³/mol. The fraction of sp³-hybridized carbons (Fsp3) is 0.964. The van der Waals surface area contributed by atoms with Gasteiger partial charge in [-0.15, -0.1) is 0 Å². The Bertz CT molecular complexity index is 2580. The van der Waals surface area contributed by atoms with Crippen molar-refractivity contribution in [1.29, 1.82) is 0 Å². The van der Waals surface area contributed by atoms with Crippen molar-refractivity contribution >= 4 is 0 Å². The van der Waals surface area contributed by atoms with E-state index in [1.807, 2.05) is 0 Å². The highest BCUT2D eigenvalue weighted by atomic mass is 16.3. The number of piperidine rings is 1. The minimum absolute atomic E-state index is 0.00610. The zero-order valence-corrected chi connectivity index (χ0v) is 91.3. The molecule has 724 valence electrons. The lowest BCUT2D eigenvalue weighted by molar-refractivity contribution is -0.0988. The molecule has 121 heavy (non-hydrogen) atoms. The van der Waals surface area contributed by atoms with Gasteiger partial charge in [-0.25, -0.2) is 0 Å². The summed E-state index contributed by atoms with van der Waals surface area (Å²) < 4.78 is 0. The van der Waals surface area contributed by atoms with Gasteiger partial charge in [-0.1, -0.05) is 365 Å². The van der Waals surface area contributed by atoms with Crippen molar-refractivity contribution in [2.24, 2.45) is 88.1 Å². The van der Waals surface area contributed by atoms with Crippen LogP contribution in [0.4, 0.5) is 0 Å². The molecule has 10 heteroatoms. The van der Waals surface area contributed by atoms with E-state index >= 15 is 0 Å². The zero-order chi connectivity index (χ0) is 93.8. The largest absolute Gasteiger partial charge is 0.389 e. The maximum absolute atomic E-state index is 10.7. The van der Waals surface area contributed by atoms with Crippen LogP contribution in [0.3, 0.4) is 0 Å². The Morgan fingerprint density at radius 3 is 0.975 bits per heavy atom. The molecule has 5 saturated heterocycles. The third kappa shape index (κ3) is 63.6. The normalized spacial score (nSPS) is 19.0. The Kier molecular flexibility index (Phi) is 53.6. The van der Waals surface area contributed by atoms with E-state index in [4.69, 9.17) is 0 Å². The minimum Gasteiger partial charge on any atom is -0.389 e. The summed E-state index contributed by atoms with van der Waals surface area (Å²) in [5, 5.41) is 17.6.